The molecule has 0 radical (unpaired) electrons. The van der Waals surface area contributed by atoms with Gasteiger partial charge in [-0.25, -0.2) is 14.4 Å². The van der Waals surface area contributed by atoms with Gasteiger partial charge in [-0.3, -0.25) is 9.59 Å². The number of pyridine rings is 1. The minimum Gasteiger partial charge on any atom is -0.489 e. The van der Waals surface area contributed by atoms with Crippen molar-refractivity contribution in [3.8, 4) is 27.6 Å². The van der Waals surface area contributed by atoms with Gasteiger partial charge in [-0.05, 0) is 37.3 Å². The Bertz CT molecular complexity index is 1630. The van der Waals surface area contributed by atoms with Crippen molar-refractivity contribution in [3.63, 3.8) is 0 Å². The van der Waals surface area contributed by atoms with Crippen molar-refractivity contribution < 1.29 is 37.0 Å². The van der Waals surface area contributed by atoms with E-state index in [-0.39, 0.29) is 34.1 Å². The summed E-state index contributed by atoms with van der Waals surface area (Å²) in [6.07, 6.45) is -4.10. The van der Waals surface area contributed by atoms with E-state index in [1.807, 2.05) is 0 Å². The van der Waals surface area contributed by atoms with Crippen LogP contribution < -0.4 is 15.8 Å². The van der Waals surface area contributed by atoms with Gasteiger partial charge in [0.05, 0.1) is 18.4 Å². The molecule has 2 atom stereocenters. The summed E-state index contributed by atoms with van der Waals surface area (Å²) in [5.41, 5.74) is 0.126. The van der Waals surface area contributed by atoms with Crippen LogP contribution in [0.15, 0.2) is 66.9 Å². The van der Waals surface area contributed by atoms with Crippen LogP contribution in [-0.2, 0) is 15.8 Å². The lowest BCUT2D eigenvalue weighted by atomic mass is 9.81. The van der Waals surface area contributed by atoms with E-state index in [1.165, 1.54) is 25.3 Å². The Hall–Kier alpha value is -4.36. The molecule has 41 heavy (non-hydrogen) atoms. The molecule has 3 heterocycles. The summed E-state index contributed by atoms with van der Waals surface area (Å²) in [4.78, 5) is 33.4. The molecule has 0 saturated heterocycles. The monoisotopic (exact) mass is 586 g/mol. The largest absolute Gasteiger partial charge is 0.489 e. The Morgan fingerprint density at radius 3 is 2.44 bits per heavy atom. The molecule has 0 aliphatic carbocycles. The molecule has 13 heteroatoms. The van der Waals surface area contributed by atoms with E-state index in [1.54, 1.807) is 30.3 Å². The highest BCUT2D eigenvalue weighted by Gasteiger charge is 2.57. The summed E-state index contributed by atoms with van der Waals surface area (Å²) >= 11 is 0.968. The molecule has 0 spiro atoms. The van der Waals surface area contributed by atoms with Crippen LogP contribution in [0.3, 0.4) is 0 Å². The normalized spacial score (nSPS) is 17.8. The third-order valence-electron chi connectivity index (χ3n) is 6.88. The van der Waals surface area contributed by atoms with Crippen LogP contribution in [0.4, 0.5) is 17.6 Å². The second kappa shape index (κ2) is 10.2. The molecule has 0 saturated carbocycles. The first kappa shape index (κ1) is 28.2. The highest BCUT2D eigenvalue weighted by molar-refractivity contribution is 7.16. The summed E-state index contributed by atoms with van der Waals surface area (Å²) in [6, 6.07) is 14.5. The molecule has 212 valence electrons. The molecule has 1 aliphatic heterocycles. The van der Waals surface area contributed by atoms with Gasteiger partial charge in [-0.2, -0.15) is 13.2 Å². The fraction of sp³-hybridized carbons (Fsp3) is 0.214. The highest BCUT2D eigenvalue weighted by Crippen LogP contribution is 2.47. The van der Waals surface area contributed by atoms with Crippen molar-refractivity contribution >= 4 is 23.2 Å². The molecule has 2 aromatic heterocycles. The molecule has 5 rings (SSSR count). The zero-order chi connectivity index (χ0) is 29.6. The quantitative estimate of drug-likeness (QED) is 0.277. The van der Waals surface area contributed by atoms with Gasteiger partial charge in [0.1, 0.15) is 39.2 Å². The number of aliphatic hydroxyl groups is 1. The molecule has 2 amide bonds. The summed E-state index contributed by atoms with van der Waals surface area (Å²) in [6.45, 7) is -0.202. The number of hydrogen-bond donors (Lipinski definition) is 3. The van der Waals surface area contributed by atoms with Crippen molar-refractivity contribution in [3.05, 3.63) is 88.8 Å². The van der Waals surface area contributed by atoms with Crippen molar-refractivity contribution in [2.75, 3.05) is 13.2 Å². The minimum atomic E-state index is -5.33. The van der Waals surface area contributed by atoms with Crippen LogP contribution >= 0.6 is 11.3 Å². The van der Waals surface area contributed by atoms with E-state index < -0.39 is 47.1 Å². The predicted molar refractivity (Wildman–Crippen MR) is 142 cm³/mol. The number of nitrogens with two attached hydrogens (primary N) is 1. The SMILES string of the molecule is C[C@]1(C(N)=O)COc2c1cc(C(O)(CNC(=O)c1cnc(-c3ccccc3)s1)C(F)(F)F)nc2-c1ccc(F)cc1. The van der Waals surface area contributed by atoms with Gasteiger partial charge < -0.3 is 20.9 Å². The van der Waals surface area contributed by atoms with Crippen LogP contribution in [0.2, 0.25) is 0 Å². The molecule has 4 N–H and O–H groups in total. The number of aromatic nitrogens is 2. The number of primary amides is 1. The Labute approximate surface area is 234 Å². The van der Waals surface area contributed by atoms with E-state index in [9.17, 15) is 32.3 Å². The number of hydrogen-bond acceptors (Lipinski definition) is 7. The number of nitrogens with zero attached hydrogens (tertiary/aromatic N) is 2. The lowest BCUT2D eigenvalue weighted by Crippen LogP contribution is -2.51. The van der Waals surface area contributed by atoms with Gasteiger partial charge in [0, 0.05) is 16.7 Å². The number of benzene rings is 2. The van der Waals surface area contributed by atoms with Gasteiger partial charge in [0.2, 0.25) is 11.5 Å². The maximum atomic E-state index is 14.5. The second-order valence-corrected chi connectivity index (χ2v) is 10.7. The zero-order valence-corrected chi connectivity index (χ0v) is 22.1. The van der Waals surface area contributed by atoms with E-state index in [2.05, 4.69) is 15.3 Å². The van der Waals surface area contributed by atoms with E-state index in [0.717, 1.165) is 35.1 Å². The lowest BCUT2D eigenvalue weighted by molar-refractivity contribution is -0.265. The molecule has 0 fully saturated rings. The van der Waals surface area contributed by atoms with E-state index >= 15 is 0 Å². The van der Waals surface area contributed by atoms with Gasteiger partial charge in [0.15, 0.2) is 0 Å². The molecule has 0 bridgehead atoms. The molecule has 2 aromatic carbocycles. The Morgan fingerprint density at radius 2 is 1.80 bits per heavy atom. The highest BCUT2D eigenvalue weighted by atomic mass is 32.1. The average Bonchev–Trinajstić information content (AvgIpc) is 3.58. The van der Waals surface area contributed by atoms with Crippen LogP contribution in [0.5, 0.6) is 5.75 Å². The second-order valence-electron chi connectivity index (χ2n) is 9.66. The number of carbonyl (C=O) groups excluding carboxylic acids is 2. The number of ether oxygens (including phenoxy) is 1. The number of nitrogens with one attached hydrogen (secondary N) is 1. The number of rotatable bonds is 7. The van der Waals surface area contributed by atoms with E-state index in [4.69, 9.17) is 10.5 Å². The smallest absolute Gasteiger partial charge is 0.424 e. The Kier molecular flexibility index (Phi) is 7.03. The predicted octanol–water partition coefficient (Wildman–Crippen LogP) is 4.33. The first-order valence-corrected chi connectivity index (χ1v) is 13.0. The third kappa shape index (κ3) is 5.02. The summed E-state index contributed by atoms with van der Waals surface area (Å²) in [5.74, 6) is -2.38. The number of fused-ring (bicyclic) bond motifs is 1. The summed E-state index contributed by atoms with van der Waals surface area (Å²) in [7, 11) is 0. The Morgan fingerprint density at radius 1 is 1.12 bits per heavy atom. The van der Waals surface area contributed by atoms with Gasteiger partial charge in [-0.1, -0.05) is 30.3 Å². The molecule has 4 aromatic rings. The van der Waals surface area contributed by atoms with Gasteiger partial charge >= 0.3 is 6.18 Å². The molecular formula is C28H22F4N4O4S. The zero-order valence-electron chi connectivity index (χ0n) is 21.3. The lowest BCUT2D eigenvalue weighted by Gasteiger charge is -2.31. The molecule has 1 unspecified atom stereocenters. The number of thiazole rings is 1. The third-order valence-corrected chi connectivity index (χ3v) is 7.93. The Balaban J connectivity index is 1.54. The van der Waals surface area contributed by atoms with Crippen molar-refractivity contribution in [1.29, 1.82) is 0 Å². The maximum Gasteiger partial charge on any atom is 0.424 e. The van der Waals surface area contributed by atoms with Gasteiger partial charge in [-0.15, -0.1) is 11.3 Å². The van der Waals surface area contributed by atoms with Crippen molar-refractivity contribution in [2.24, 2.45) is 5.73 Å². The van der Waals surface area contributed by atoms with E-state index in [0.29, 0.717) is 5.01 Å². The summed E-state index contributed by atoms with van der Waals surface area (Å²) in [5, 5.41) is 13.7. The van der Waals surface area contributed by atoms with Crippen molar-refractivity contribution in [1.82, 2.24) is 15.3 Å². The van der Waals surface area contributed by atoms with Crippen molar-refractivity contribution in [2.45, 2.75) is 24.1 Å². The molecule has 1 aliphatic rings. The first-order chi connectivity index (χ1) is 19.3. The number of carbonyl (C=O) groups is 2. The fourth-order valence-electron chi connectivity index (χ4n) is 4.33. The molecular weight excluding hydrogens is 564 g/mol. The standard InChI is InChI=1S/C28H22F4N4O4S/c1-26(25(33)38)14-40-22-18(26)11-20(36-21(22)15-7-9-17(29)10-8-15)27(39,28(30,31)32)13-35-23(37)19-12-34-24(41-19)16-5-3-2-4-6-16/h2-12,39H,13-14H2,1H3,(H2,33,38)(H,35,37)/t26-,27?/m0/s1. The number of halogens is 4. The topological polar surface area (TPSA) is 127 Å². The first-order valence-electron chi connectivity index (χ1n) is 12.2. The molecule has 8 nitrogen and oxygen atoms in total. The number of amides is 2. The van der Waals surface area contributed by atoms with Crippen LogP contribution in [0.25, 0.3) is 21.8 Å². The summed E-state index contributed by atoms with van der Waals surface area (Å²) < 4.78 is 62.8. The van der Waals surface area contributed by atoms with Crippen LogP contribution in [0.1, 0.15) is 27.9 Å². The number of alkyl halides is 3. The minimum absolute atomic E-state index is 0.0201. The van der Waals surface area contributed by atoms with Crippen LogP contribution in [-0.4, -0.2) is 46.2 Å². The van der Waals surface area contributed by atoms with Gasteiger partial charge in [0.25, 0.3) is 5.91 Å². The average molecular weight is 587 g/mol. The fourth-order valence-corrected chi connectivity index (χ4v) is 5.17. The maximum absolute atomic E-state index is 14.5. The van der Waals surface area contributed by atoms with Crippen LogP contribution in [0, 0.1) is 5.82 Å².